The Labute approximate surface area is 92.0 Å². The molecule has 2 heteroatoms. The zero-order valence-corrected chi connectivity index (χ0v) is 9.49. The Morgan fingerprint density at radius 1 is 1.33 bits per heavy atom. The highest BCUT2D eigenvalue weighted by Gasteiger charge is 1.95. The molecule has 0 unspecified atom stereocenters. The van der Waals surface area contributed by atoms with E-state index in [1.807, 2.05) is 18.2 Å². The number of ether oxygens (including phenoxy) is 1. The molecule has 0 atom stereocenters. The number of para-hydroxylation sites is 1. The lowest BCUT2D eigenvalue weighted by atomic mass is 10.2. The van der Waals surface area contributed by atoms with Gasteiger partial charge in [-0.1, -0.05) is 37.3 Å². The van der Waals surface area contributed by atoms with Crippen LogP contribution in [0.25, 0.3) is 6.08 Å². The summed E-state index contributed by atoms with van der Waals surface area (Å²) in [4.78, 5) is 0. The third-order valence-electron chi connectivity index (χ3n) is 2.13. The van der Waals surface area contributed by atoms with Crippen LogP contribution in [0.1, 0.15) is 18.9 Å². The molecular formula is C13H19NO. The van der Waals surface area contributed by atoms with Gasteiger partial charge in [0.15, 0.2) is 0 Å². The van der Waals surface area contributed by atoms with Gasteiger partial charge in [0, 0.05) is 12.1 Å². The van der Waals surface area contributed by atoms with E-state index in [1.54, 1.807) is 7.11 Å². The van der Waals surface area contributed by atoms with Crippen LogP contribution < -0.4 is 10.1 Å². The average Bonchev–Trinajstić information content (AvgIpc) is 2.29. The minimum Gasteiger partial charge on any atom is -0.496 e. The molecule has 0 aliphatic heterocycles. The second kappa shape index (κ2) is 7.07. The van der Waals surface area contributed by atoms with E-state index in [9.17, 15) is 0 Å². The zero-order chi connectivity index (χ0) is 10.9. The molecule has 0 radical (unpaired) electrons. The van der Waals surface area contributed by atoms with E-state index >= 15 is 0 Å². The Bertz CT molecular complexity index is 307. The van der Waals surface area contributed by atoms with Crippen molar-refractivity contribution < 1.29 is 4.74 Å². The van der Waals surface area contributed by atoms with Crippen molar-refractivity contribution in [2.45, 2.75) is 13.3 Å². The first kappa shape index (κ1) is 11.8. The summed E-state index contributed by atoms with van der Waals surface area (Å²) in [6.45, 7) is 4.14. The number of benzene rings is 1. The van der Waals surface area contributed by atoms with Crippen LogP contribution in [0, 0.1) is 0 Å². The van der Waals surface area contributed by atoms with Crippen LogP contribution in [0.4, 0.5) is 0 Å². The van der Waals surface area contributed by atoms with Crippen LogP contribution in [0.5, 0.6) is 5.75 Å². The molecule has 0 saturated carbocycles. The summed E-state index contributed by atoms with van der Waals surface area (Å²) < 4.78 is 5.25. The fourth-order valence-corrected chi connectivity index (χ4v) is 1.35. The molecule has 15 heavy (non-hydrogen) atoms. The predicted molar refractivity (Wildman–Crippen MR) is 65.2 cm³/mol. The fourth-order valence-electron chi connectivity index (χ4n) is 1.35. The Morgan fingerprint density at radius 2 is 2.13 bits per heavy atom. The molecule has 0 heterocycles. The Morgan fingerprint density at radius 3 is 2.87 bits per heavy atom. The van der Waals surface area contributed by atoms with Crippen LogP contribution in [0.2, 0.25) is 0 Å². The third-order valence-corrected chi connectivity index (χ3v) is 2.13. The molecular weight excluding hydrogens is 186 g/mol. The van der Waals surface area contributed by atoms with Crippen molar-refractivity contribution in [3.05, 3.63) is 35.9 Å². The van der Waals surface area contributed by atoms with Gasteiger partial charge < -0.3 is 10.1 Å². The van der Waals surface area contributed by atoms with E-state index < -0.39 is 0 Å². The van der Waals surface area contributed by atoms with Crippen molar-refractivity contribution in [2.75, 3.05) is 20.2 Å². The number of rotatable bonds is 6. The molecule has 0 fully saturated rings. The van der Waals surface area contributed by atoms with Gasteiger partial charge in [-0.25, -0.2) is 0 Å². The van der Waals surface area contributed by atoms with Crippen LogP contribution in [0.3, 0.4) is 0 Å². The highest BCUT2D eigenvalue weighted by Crippen LogP contribution is 2.18. The molecule has 82 valence electrons. The molecule has 1 aromatic carbocycles. The van der Waals surface area contributed by atoms with Crippen molar-refractivity contribution in [1.82, 2.24) is 5.32 Å². The van der Waals surface area contributed by atoms with Crippen molar-refractivity contribution >= 4 is 6.08 Å². The van der Waals surface area contributed by atoms with Crippen LogP contribution in [-0.4, -0.2) is 20.2 Å². The van der Waals surface area contributed by atoms with E-state index in [4.69, 9.17) is 4.74 Å². The Hall–Kier alpha value is -1.28. The Kier molecular flexibility index (Phi) is 5.56. The minimum absolute atomic E-state index is 0.909. The standard InChI is InChI=1S/C13H19NO/c1-3-10-14-11-6-8-12-7-4-5-9-13(12)15-2/h4-9,14H,3,10-11H2,1-2H3/b8-6+. The second-order valence-corrected chi connectivity index (χ2v) is 3.35. The summed E-state index contributed by atoms with van der Waals surface area (Å²) in [6.07, 6.45) is 5.37. The summed E-state index contributed by atoms with van der Waals surface area (Å²) in [6, 6.07) is 8.02. The Balaban J connectivity index is 2.48. The largest absolute Gasteiger partial charge is 0.496 e. The summed E-state index contributed by atoms with van der Waals surface area (Å²) in [5.41, 5.74) is 1.12. The van der Waals surface area contributed by atoms with Gasteiger partial charge in [-0.3, -0.25) is 0 Å². The molecule has 0 aromatic heterocycles. The first-order valence-corrected chi connectivity index (χ1v) is 5.38. The highest BCUT2D eigenvalue weighted by molar-refractivity contribution is 5.57. The maximum Gasteiger partial charge on any atom is 0.126 e. The lowest BCUT2D eigenvalue weighted by molar-refractivity contribution is 0.414. The van der Waals surface area contributed by atoms with Gasteiger partial charge in [-0.15, -0.1) is 0 Å². The van der Waals surface area contributed by atoms with Crippen LogP contribution >= 0.6 is 0 Å². The quantitative estimate of drug-likeness (QED) is 0.721. The lowest BCUT2D eigenvalue weighted by Crippen LogP contribution is -2.13. The number of hydrogen-bond acceptors (Lipinski definition) is 2. The van der Waals surface area contributed by atoms with Crippen LogP contribution in [-0.2, 0) is 0 Å². The van der Waals surface area contributed by atoms with E-state index in [0.29, 0.717) is 0 Å². The van der Waals surface area contributed by atoms with E-state index in [2.05, 4.69) is 30.5 Å². The van der Waals surface area contributed by atoms with Gasteiger partial charge in [-0.05, 0) is 19.0 Å². The van der Waals surface area contributed by atoms with Gasteiger partial charge in [0.25, 0.3) is 0 Å². The minimum atomic E-state index is 0.909. The average molecular weight is 205 g/mol. The maximum absolute atomic E-state index is 5.25. The lowest BCUT2D eigenvalue weighted by Gasteiger charge is -2.03. The molecule has 0 saturated heterocycles. The summed E-state index contributed by atoms with van der Waals surface area (Å²) in [5.74, 6) is 0.921. The van der Waals surface area contributed by atoms with E-state index in [-0.39, 0.29) is 0 Å². The van der Waals surface area contributed by atoms with Crippen molar-refractivity contribution in [1.29, 1.82) is 0 Å². The zero-order valence-electron chi connectivity index (χ0n) is 9.49. The molecule has 0 amide bonds. The number of hydrogen-bond donors (Lipinski definition) is 1. The monoisotopic (exact) mass is 205 g/mol. The van der Waals surface area contributed by atoms with Gasteiger partial charge in [0.1, 0.15) is 5.75 Å². The SMILES string of the molecule is CCCNC/C=C/c1ccccc1OC. The molecule has 0 aliphatic carbocycles. The predicted octanol–water partition coefficient (Wildman–Crippen LogP) is 2.71. The second-order valence-electron chi connectivity index (χ2n) is 3.35. The molecule has 0 aliphatic rings. The number of methoxy groups -OCH3 is 1. The highest BCUT2D eigenvalue weighted by atomic mass is 16.5. The third kappa shape index (κ3) is 4.17. The first-order valence-electron chi connectivity index (χ1n) is 5.38. The molecule has 0 bridgehead atoms. The smallest absolute Gasteiger partial charge is 0.126 e. The molecule has 0 spiro atoms. The number of nitrogens with one attached hydrogen (secondary N) is 1. The molecule has 1 aromatic rings. The van der Waals surface area contributed by atoms with Gasteiger partial charge >= 0.3 is 0 Å². The van der Waals surface area contributed by atoms with Crippen molar-refractivity contribution in [2.24, 2.45) is 0 Å². The summed E-state index contributed by atoms with van der Waals surface area (Å²) >= 11 is 0. The van der Waals surface area contributed by atoms with Crippen LogP contribution in [0.15, 0.2) is 30.3 Å². The van der Waals surface area contributed by atoms with Gasteiger partial charge in [0.2, 0.25) is 0 Å². The maximum atomic E-state index is 5.25. The first-order chi connectivity index (χ1) is 7.38. The molecule has 1 N–H and O–H groups in total. The normalized spacial score (nSPS) is 10.8. The molecule has 2 nitrogen and oxygen atoms in total. The van der Waals surface area contributed by atoms with Crippen molar-refractivity contribution in [3.8, 4) is 5.75 Å². The summed E-state index contributed by atoms with van der Waals surface area (Å²) in [5, 5.41) is 3.32. The topological polar surface area (TPSA) is 21.3 Å². The molecule has 1 rings (SSSR count). The summed E-state index contributed by atoms with van der Waals surface area (Å²) in [7, 11) is 1.70. The fraction of sp³-hybridized carbons (Fsp3) is 0.385. The van der Waals surface area contributed by atoms with Gasteiger partial charge in [0.05, 0.1) is 7.11 Å². The van der Waals surface area contributed by atoms with Gasteiger partial charge in [-0.2, -0.15) is 0 Å². The van der Waals surface area contributed by atoms with E-state index in [1.165, 1.54) is 6.42 Å². The van der Waals surface area contributed by atoms with Crippen molar-refractivity contribution in [3.63, 3.8) is 0 Å². The van der Waals surface area contributed by atoms with E-state index in [0.717, 1.165) is 24.4 Å².